The summed E-state index contributed by atoms with van der Waals surface area (Å²) in [5.41, 5.74) is 4.63. The minimum Gasteiger partial charge on any atom is -0.488 e. The number of hydrogen-bond donors (Lipinski definition) is 1. The lowest BCUT2D eigenvalue weighted by Crippen LogP contribution is -2.22. The smallest absolute Gasteiger partial charge is 0.255 e. The molecule has 1 amide bonds. The Labute approximate surface area is 147 Å². The van der Waals surface area contributed by atoms with Gasteiger partial charge in [0.05, 0.1) is 5.57 Å². The van der Waals surface area contributed by atoms with Crippen molar-refractivity contribution >= 4 is 29.3 Å². The van der Waals surface area contributed by atoms with Gasteiger partial charge >= 0.3 is 0 Å². The van der Waals surface area contributed by atoms with E-state index in [1.54, 1.807) is 12.1 Å². The summed E-state index contributed by atoms with van der Waals surface area (Å²) in [6.07, 6.45) is 3.59. The van der Waals surface area contributed by atoms with E-state index in [1.807, 2.05) is 18.2 Å². The molecule has 0 saturated heterocycles. The van der Waals surface area contributed by atoms with Crippen molar-refractivity contribution in [1.29, 1.82) is 0 Å². The van der Waals surface area contributed by atoms with Gasteiger partial charge in [0.2, 0.25) is 0 Å². The monoisotopic (exact) mass is 341 g/mol. The van der Waals surface area contributed by atoms with Crippen LogP contribution in [0.1, 0.15) is 30.5 Å². The second-order valence-electron chi connectivity index (χ2n) is 5.75. The number of carbonyl (C=O) groups is 1. The highest BCUT2D eigenvalue weighted by molar-refractivity contribution is 6.30. The number of para-hydroxylation sites is 1. The summed E-state index contributed by atoms with van der Waals surface area (Å²) < 4.78 is 5.68. The Morgan fingerprint density at radius 3 is 2.54 bits per heavy atom. The lowest BCUT2D eigenvalue weighted by molar-refractivity contribution is -0.113. The van der Waals surface area contributed by atoms with Crippen LogP contribution in [0.5, 0.6) is 5.75 Å². The first-order valence-electron chi connectivity index (χ1n) is 8.17. The number of nitrogens with one attached hydrogen (secondary N) is 1. The fraction of sp³-hybridized carbons (Fsp3) is 0.250. The molecule has 2 aromatic carbocycles. The van der Waals surface area contributed by atoms with Gasteiger partial charge in [0.15, 0.2) is 0 Å². The molecule has 0 saturated carbocycles. The number of anilines is 1. The number of halogens is 1. The molecule has 124 valence electrons. The Kier molecular flexibility index (Phi) is 4.91. The molecular weight excluding hydrogens is 322 g/mol. The van der Waals surface area contributed by atoms with Crippen molar-refractivity contribution < 1.29 is 9.53 Å². The number of amides is 1. The summed E-state index contributed by atoms with van der Waals surface area (Å²) in [5, 5.41) is 3.70. The van der Waals surface area contributed by atoms with Crippen LogP contribution in [0, 0.1) is 0 Å². The van der Waals surface area contributed by atoms with Gasteiger partial charge in [-0.2, -0.15) is 0 Å². The van der Waals surface area contributed by atoms with E-state index >= 15 is 0 Å². The fourth-order valence-corrected chi connectivity index (χ4v) is 3.06. The highest BCUT2D eigenvalue weighted by Gasteiger charge is 2.19. The lowest BCUT2D eigenvalue weighted by Gasteiger charge is -2.19. The molecule has 1 aliphatic rings. The second kappa shape index (κ2) is 7.10. The molecule has 0 atom stereocenters. The molecule has 0 aromatic heterocycles. The van der Waals surface area contributed by atoms with Gasteiger partial charge in [-0.25, -0.2) is 0 Å². The summed E-state index contributed by atoms with van der Waals surface area (Å²) in [4.78, 5) is 12.7. The maximum atomic E-state index is 12.7. The first-order valence-corrected chi connectivity index (χ1v) is 8.55. The molecule has 24 heavy (non-hydrogen) atoms. The van der Waals surface area contributed by atoms with E-state index in [1.165, 1.54) is 0 Å². The Morgan fingerprint density at radius 1 is 1.17 bits per heavy atom. The molecule has 0 spiro atoms. The number of hydrogen-bond acceptors (Lipinski definition) is 2. The summed E-state index contributed by atoms with van der Waals surface area (Å²) >= 11 is 6.03. The van der Waals surface area contributed by atoms with Crippen molar-refractivity contribution in [3.8, 4) is 5.75 Å². The topological polar surface area (TPSA) is 38.3 Å². The molecule has 0 fully saturated rings. The van der Waals surface area contributed by atoms with Crippen molar-refractivity contribution in [2.75, 3.05) is 11.9 Å². The molecule has 0 unspecified atom stereocenters. The van der Waals surface area contributed by atoms with E-state index in [2.05, 4.69) is 31.3 Å². The van der Waals surface area contributed by atoms with Gasteiger partial charge in [0.1, 0.15) is 12.4 Å². The van der Waals surface area contributed by atoms with Crippen LogP contribution in [0.4, 0.5) is 5.69 Å². The number of benzene rings is 2. The third kappa shape index (κ3) is 3.31. The number of carbonyl (C=O) groups excluding carboxylic acids is 1. The number of rotatable bonds is 4. The van der Waals surface area contributed by atoms with Crippen LogP contribution in [-0.2, 0) is 17.6 Å². The predicted octanol–water partition coefficient (Wildman–Crippen LogP) is 4.88. The van der Waals surface area contributed by atoms with Gasteiger partial charge in [-0.1, -0.05) is 43.6 Å². The van der Waals surface area contributed by atoms with Gasteiger partial charge in [0.25, 0.3) is 5.91 Å². The van der Waals surface area contributed by atoms with Crippen LogP contribution in [0.2, 0.25) is 5.02 Å². The van der Waals surface area contributed by atoms with Gasteiger partial charge in [0, 0.05) is 16.3 Å². The highest BCUT2D eigenvalue weighted by atomic mass is 35.5. The molecule has 1 heterocycles. The van der Waals surface area contributed by atoms with Crippen LogP contribution in [0.3, 0.4) is 0 Å². The molecule has 3 nitrogen and oxygen atoms in total. The molecule has 4 heteroatoms. The largest absolute Gasteiger partial charge is 0.488 e. The Hall–Kier alpha value is -2.26. The molecule has 0 radical (unpaired) electrons. The van der Waals surface area contributed by atoms with Crippen LogP contribution in [-0.4, -0.2) is 12.5 Å². The average Bonchev–Trinajstić information content (AvgIpc) is 2.61. The van der Waals surface area contributed by atoms with E-state index in [-0.39, 0.29) is 12.5 Å². The number of fused-ring (bicyclic) bond motifs is 1. The normalized spacial score (nSPS) is 12.9. The molecule has 0 bridgehead atoms. The van der Waals surface area contributed by atoms with Gasteiger partial charge < -0.3 is 10.1 Å². The zero-order valence-electron chi connectivity index (χ0n) is 13.9. The molecular formula is C20H20ClNO2. The van der Waals surface area contributed by atoms with Crippen molar-refractivity contribution in [3.05, 3.63) is 63.7 Å². The first-order chi connectivity index (χ1) is 11.6. The van der Waals surface area contributed by atoms with E-state index in [4.69, 9.17) is 16.3 Å². The Bertz CT molecular complexity index is 789. The predicted molar refractivity (Wildman–Crippen MR) is 98.8 cm³/mol. The average molecular weight is 342 g/mol. The van der Waals surface area contributed by atoms with Crippen LogP contribution in [0.25, 0.3) is 6.08 Å². The van der Waals surface area contributed by atoms with Crippen LogP contribution >= 0.6 is 11.6 Å². The zero-order valence-corrected chi connectivity index (χ0v) is 14.6. The third-order valence-corrected chi connectivity index (χ3v) is 4.45. The van der Waals surface area contributed by atoms with Crippen molar-refractivity contribution in [2.24, 2.45) is 0 Å². The van der Waals surface area contributed by atoms with E-state index < -0.39 is 0 Å². The van der Waals surface area contributed by atoms with Gasteiger partial charge in [-0.05, 0) is 48.2 Å². The van der Waals surface area contributed by atoms with E-state index in [0.717, 1.165) is 41.0 Å². The summed E-state index contributed by atoms with van der Waals surface area (Å²) in [6, 6.07) is 11.6. The van der Waals surface area contributed by atoms with E-state index in [0.29, 0.717) is 10.6 Å². The van der Waals surface area contributed by atoms with Crippen LogP contribution in [0.15, 0.2) is 42.0 Å². The SMILES string of the molecule is CCc1cccc(CC)c1NC(=O)C1=Cc2cc(Cl)ccc2OC1. The fourth-order valence-electron chi connectivity index (χ4n) is 2.88. The molecule has 1 aliphatic heterocycles. The third-order valence-electron chi connectivity index (χ3n) is 4.21. The van der Waals surface area contributed by atoms with Gasteiger partial charge in [-0.3, -0.25) is 4.79 Å². The Balaban J connectivity index is 1.89. The number of ether oxygens (including phenoxy) is 1. The summed E-state index contributed by atoms with van der Waals surface area (Å²) in [7, 11) is 0. The maximum absolute atomic E-state index is 12.7. The van der Waals surface area contributed by atoms with Crippen molar-refractivity contribution in [3.63, 3.8) is 0 Å². The lowest BCUT2D eigenvalue weighted by atomic mass is 10.0. The van der Waals surface area contributed by atoms with E-state index in [9.17, 15) is 4.79 Å². The quantitative estimate of drug-likeness (QED) is 0.860. The molecule has 2 aromatic rings. The molecule has 0 aliphatic carbocycles. The molecule has 1 N–H and O–H groups in total. The van der Waals surface area contributed by atoms with Crippen LogP contribution < -0.4 is 10.1 Å². The second-order valence-corrected chi connectivity index (χ2v) is 6.19. The molecule has 3 rings (SSSR count). The maximum Gasteiger partial charge on any atom is 0.255 e. The minimum atomic E-state index is -0.128. The van der Waals surface area contributed by atoms with Crippen molar-refractivity contribution in [1.82, 2.24) is 0 Å². The Morgan fingerprint density at radius 2 is 1.88 bits per heavy atom. The van der Waals surface area contributed by atoms with Crippen molar-refractivity contribution in [2.45, 2.75) is 26.7 Å². The zero-order chi connectivity index (χ0) is 17.1. The first kappa shape index (κ1) is 16.6. The standard InChI is InChI=1S/C20H20ClNO2/c1-3-13-6-5-7-14(4-2)19(13)22-20(23)16-10-15-11-17(21)8-9-18(15)24-12-16/h5-11H,3-4,12H2,1-2H3,(H,22,23). The summed E-state index contributed by atoms with van der Waals surface area (Å²) in [5.74, 6) is 0.621. The minimum absolute atomic E-state index is 0.128. The highest BCUT2D eigenvalue weighted by Crippen LogP contribution is 2.30. The van der Waals surface area contributed by atoms with Gasteiger partial charge in [-0.15, -0.1) is 0 Å². The number of aryl methyl sites for hydroxylation is 2. The summed E-state index contributed by atoms with van der Waals surface area (Å²) in [6.45, 7) is 4.44.